The van der Waals surface area contributed by atoms with Crippen molar-refractivity contribution in [1.82, 2.24) is 5.32 Å². The molecule has 0 spiro atoms. The number of hydrogen-bond acceptors (Lipinski definition) is 3. The number of nitrogens with zero attached hydrogens (tertiary/aromatic N) is 1. The Morgan fingerprint density at radius 1 is 1.29 bits per heavy atom. The van der Waals surface area contributed by atoms with Crippen molar-refractivity contribution >= 4 is 17.6 Å². The van der Waals surface area contributed by atoms with Crippen LogP contribution in [0.4, 0.5) is 0 Å². The molecule has 2 rings (SSSR count). The lowest BCUT2D eigenvalue weighted by molar-refractivity contribution is -0.129. The Kier molecular flexibility index (Phi) is 3.01. The summed E-state index contributed by atoms with van der Waals surface area (Å²) >= 11 is 0. The first-order chi connectivity index (χ1) is 8.09. The minimum atomic E-state index is -0.862. The highest BCUT2D eigenvalue weighted by atomic mass is 16.2. The molecule has 0 radical (unpaired) electrons. The molecule has 0 aliphatic carbocycles. The van der Waals surface area contributed by atoms with Gasteiger partial charge < -0.3 is 11.1 Å². The average molecular weight is 231 g/mol. The molecule has 2 amide bonds. The van der Waals surface area contributed by atoms with Gasteiger partial charge in [0.15, 0.2) is 0 Å². The molecule has 2 atom stereocenters. The van der Waals surface area contributed by atoms with Gasteiger partial charge >= 0.3 is 0 Å². The van der Waals surface area contributed by atoms with E-state index in [-0.39, 0.29) is 11.7 Å². The summed E-state index contributed by atoms with van der Waals surface area (Å²) in [6.45, 7) is 1.66. The van der Waals surface area contributed by atoms with Crippen molar-refractivity contribution in [3.63, 3.8) is 0 Å². The molecule has 0 bridgehead atoms. The highest BCUT2D eigenvalue weighted by Crippen LogP contribution is 2.20. The van der Waals surface area contributed by atoms with Gasteiger partial charge in [-0.15, -0.1) is 0 Å². The summed E-state index contributed by atoms with van der Waals surface area (Å²) in [7, 11) is 0. The van der Waals surface area contributed by atoms with Crippen LogP contribution < -0.4 is 11.1 Å². The predicted molar refractivity (Wildman–Crippen MR) is 63.4 cm³/mol. The zero-order chi connectivity index (χ0) is 12.4. The maximum atomic E-state index is 11.9. The topological polar surface area (TPSA) is 84.5 Å². The van der Waals surface area contributed by atoms with Gasteiger partial charge in [-0.25, -0.2) is 0 Å². The Morgan fingerprint density at radius 3 is 2.47 bits per heavy atom. The van der Waals surface area contributed by atoms with Crippen LogP contribution >= 0.6 is 0 Å². The van der Waals surface area contributed by atoms with Crippen LogP contribution in [0.3, 0.4) is 0 Å². The predicted octanol–water partition coefficient (Wildman–Crippen LogP) is 0.172. The van der Waals surface area contributed by atoms with Crippen molar-refractivity contribution in [3.8, 4) is 0 Å². The van der Waals surface area contributed by atoms with Crippen LogP contribution in [0.25, 0.3) is 0 Å². The van der Waals surface area contributed by atoms with Crippen molar-refractivity contribution in [3.05, 3.63) is 35.9 Å². The second kappa shape index (κ2) is 4.47. The van der Waals surface area contributed by atoms with Gasteiger partial charge in [0.25, 0.3) is 5.91 Å². The number of carbonyl (C=O) groups is 2. The van der Waals surface area contributed by atoms with Crippen LogP contribution in [0.15, 0.2) is 35.3 Å². The van der Waals surface area contributed by atoms with Crippen LogP contribution in [0.2, 0.25) is 0 Å². The van der Waals surface area contributed by atoms with Crippen LogP contribution in [0.1, 0.15) is 18.4 Å². The maximum absolute atomic E-state index is 11.9. The van der Waals surface area contributed by atoms with Crippen LogP contribution in [-0.2, 0) is 9.59 Å². The first-order valence-electron chi connectivity index (χ1n) is 5.33. The van der Waals surface area contributed by atoms with E-state index < -0.39 is 17.9 Å². The molecule has 88 valence electrons. The summed E-state index contributed by atoms with van der Waals surface area (Å²) < 4.78 is 0. The lowest BCUT2D eigenvalue weighted by Crippen LogP contribution is -2.49. The fraction of sp³-hybridized carbons (Fsp3) is 0.250. The zero-order valence-corrected chi connectivity index (χ0v) is 9.38. The third kappa shape index (κ3) is 2.24. The third-order valence-electron chi connectivity index (χ3n) is 2.56. The van der Waals surface area contributed by atoms with E-state index in [2.05, 4.69) is 10.3 Å². The lowest BCUT2D eigenvalue weighted by atomic mass is 9.96. The number of carbonyl (C=O) groups excluding carboxylic acids is 2. The number of aliphatic imine (C=N–C) groups is 1. The first kappa shape index (κ1) is 11.5. The van der Waals surface area contributed by atoms with Crippen molar-refractivity contribution in [1.29, 1.82) is 0 Å². The first-order valence-corrected chi connectivity index (χ1v) is 5.33. The summed E-state index contributed by atoms with van der Waals surface area (Å²) in [5, 5.41) is 2.56. The number of benzene rings is 1. The highest BCUT2D eigenvalue weighted by molar-refractivity contribution is 6.19. The lowest BCUT2D eigenvalue weighted by Gasteiger charge is -2.21. The van der Waals surface area contributed by atoms with Gasteiger partial charge in [-0.2, -0.15) is 4.99 Å². The molecule has 17 heavy (non-hydrogen) atoms. The minimum absolute atomic E-state index is 0.229. The fourth-order valence-electron chi connectivity index (χ4n) is 1.68. The molecule has 5 heteroatoms. The minimum Gasteiger partial charge on any atom is -0.322 e. The van der Waals surface area contributed by atoms with Crippen molar-refractivity contribution < 1.29 is 9.59 Å². The van der Waals surface area contributed by atoms with E-state index in [1.165, 1.54) is 0 Å². The standard InChI is InChI=1S/C12H13N3O2/c1-7(13)10-14-11(16)9(12(17)15-10)8-5-3-2-4-6-8/h2-7,9H,13H2,1H3,(H,14,15,16,17). The van der Waals surface area contributed by atoms with E-state index in [0.717, 1.165) is 0 Å². The van der Waals surface area contributed by atoms with E-state index in [1.807, 2.05) is 6.07 Å². The molecule has 2 unspecified atom stereocenters. The molecule has 1 heterocycles. The van der Waals surface area contributed by atoms with Gasteiger partial charge in [0.1, 0.15) is 11.8 Å². The molecule has 5 nitrogen and oxygen atoms in total. The summed E-state index contributed by atoms with van der Waals surface area (Å²) in [6.07, 6.45) is 0. The smallest absolute Gasteiger partial charge is 0.264 e. The molecule has 1 aliphatic heterocycles. The third-order valence-corrected chi connectivity index (χ3v) is 2.56. The van der Waals surface area contributed by atoms with Gasteiger partial charge in [-0.05, 0) is 12.5 Å². The summed E-state index contributed by atoms with van der Waals surface area (Å²) in [6, 6.07) is 8.38. The number of amides is 2. The second-order valence-corrected chi connectivity index (χ2v) is 3.96. The van der Waals surface area contributed by atoms with E-state index in [1.54, 1.807) is 31.2 Å². The Bertz CT molecular complexity index is 480. The van der Waals surface area contributed by atoms with Gasteiger partial charge in [0.05, 0.1) is 6.04 Å². The van der Waals surface area contributed by atoms with Gasteiger partial charge in [-0.1, -0.05) is 30.3 Å². The normalized spacial score (nSPS) is 21.8. The number of rotatable bonds is 2. The Morgan fingerprint density at radius 2 is 1.94 bits per heavy atom. The van der Waals surface area contributed by atoms with E-state index in [4.69, 9.17) is 5.73 Å². The largest absolute Gasteiger partial charge is 0.322 e. The number of nitrogens with two attached hydrogens (primary N) is 1. The van der Waals surface area contributed by atoms with Crippen LogP contribution in [0.5, 0.6) is 0 Å². The average Bonchev–Trinajstić information content (AvgIpc) is 2.29. The van der Waals surface area contributed by atoms with E-state index >= 15 is 0 Å². The second-order valence-electron chi connectivity index (χ2n) is 3.96. The molecular formula is C12H13N3O2. The fourth-order valence-corrected chi connectivity index (χ4v) is 1.68. The molecule has 0 fully saturated rings. The molecule has 0 saturated heterocycles. The molecule has 0 saturated carbocycles. The maximum Gasteiger partial charge on any atom is 0.264 e. The highest BCUT2D eigenvalue weighted by Gasteiger charge is 2.33. The molecule has 1 aromatic rings. The molecule has 1 aromatic carbocycles. The van der Waals surface area contributed by atoms with Gasteiger partial charge in [0.2, 0.25) is 5.91 Å². The van der Waals surface area contributed by atoms with E-state index in [9.17, 15) is 9.59 Å². The van der Waals surface area contributed by atoms with Crippen molar-refractivity contribution in [2.75, 3.05) is 0 Å². The Hall–Kier alpha value is -2.01. The monoisotopic (exact) mass is 231 g/mol. The summed E-state index contributed by atoms with van der Waals surface area (Å²) in [5.41, 5.74) is 6.22. The molecule has 0 aromatic heterocycles. The van der Waals surface area contributed by atoms with Gasteiger partial charge in [-0.3, -0.25) is 9.59 Å². The molecular weight excluding hydrogens is 218 g/mol. The SMILES string of the molecule is CC(N)C1=NC(=O)C(c2ccccc2)C(=O)N1. The van der Waals surface area contributed by atoms with Crippen LogP contribution in [0, 0.1) is 0 Å². The number of hydrogen-bond donors (Lipinski definition) is 2. The number of nitrogens with one attached hydrogen (secondary N) is 1. The summed E-state index contributed by atoms with van der Waals surface area (Å²) in [5.74, 6) is -1.47. The zero-order valence-electron chi connectivity index (χ0n) is 9.38. The summed E-state index contributed by atoms with van der Waals surface area (Å²) in [4.78, 5) is 27.5. The number of amidine groups is 1. The van der Waals surface area contributed by atoms with Crippen LogP contribution in [-0.4, -0.2) is 23.7 Å². The van der Waals surface area contributed by atoms with E-state index in [0.29, 0.717) is 5.56 Å². The van der Waals surface area contributed by atoms with Crippen molar-refractivity contribution in [2.24, 2.45) is 10.7 Å². The molecule has 1 aliphatic rings. The van der Waals surface area contributed by atoms with Gasteiger partial charge in [0, 0.05) is 0 Å². The quantitative estimate of drug-likeness (QED) is 0.712. The van der Waals surface area contributed by atoms with Crippen molar-refractivity contribution in [2.45, 2.75) is 18.9 Å². The Labute approximate surface area is 98.7 Å². The Balaban J connectivity index is 2.34. The molecule has 3 N–H and O–H groups in total.